The molecule has 0 amide bonds. The SMILES string of the molecule is Cc1nc(SC(C)CC(C)N)nc(C)c1C. The van der Waals surface area contributed by atoms with Crippen LogP contribution in [0.4, 0.5) is 0 Å². The number of thioether (sulfide) groups is 1. The number of nitrogens with zero attached hydrogens (tertiary/aromatic N) is 2. The summed E-state index contributed by atoms with van der Waals surface area (Å²) in [4.78, 5) is 8.98. The molecule has 16 heavy (non-hydrogen) atoms. The van der Waals surface area contributed by atoms with Gasteiger partial charge >= 0.3 is 0 Å². The van der Waals surface area contributed by atoms with E-state index in [2.05, 4.69) is 23.8 Å². The van der Waals surface area contributed by atoms with E-state index in [1.54, 1.807) is 11.8 Å². The van der Waals surface area contributed by atoms with Gasteiger partial charge in [0.05, 0.1) is 0 Å². The highest BCUT2D eigenvalue weighted by Gasteiger charge is 2.11. The highest BCUT2D eigenvalue weighted by Crippen LogP contribution is 2.24. The molecule has 1 rings (SSSR count). The van der Waals surface area contributed by atoms with Crippen LogP contribution >= 0.6 is 11.8 Å². The zero-order valence-electron chi connectivity index (χ0n) is 10.7. The first kappa shape index (κ1) is 13.5. The molecule has 0 aliphatic rings. The van der Waals surface area contributed by atoms with Crippen LogP contribution in [-0.4, -0.2) is 21.3 Å². The van der Waals surface area contributed by atoms with Gasteiger partial charge in [-0.1, -0.05) is 18.7 Å². The lowest BCUT2D eigenvalue weighted by Gasteiger charge is -2.13. The van der Waals surface area contributed by atoms with E-state index >= 15 is 0 Å². The van der Waals surface area contributed by atoms with Crippen LogP contribution in [0.1, 0.15) is 37.2 Å². The Morgan fingerprint density at radius 1 is 1.12 bits per heavy atom. The Balaban J connectivity index is 2.74. The topological polar surface area (TPSA) is 51.8 Å². The van der Waals surface area contributed by atoms with Crippen molar-refractivity contribution in [3.8, 4) is 0 Å². The van der Waals surface area contributed by atoms with Crippen LogP contribution < -0.4 is 5.73 Å². The highest BCUT2D eigenvalue weighted by molar-refractivity contribution is 7.99. The van der Waals surface area contributed by atoms with Crippen molar-refractivity contribution in [1.29, 1.82) is 0 Å². The van der Waals surface area contributed by atoms with Crippen LogP contribution in [0.5, 0.6) is 0 Å². The third kappa shape index (κ3) is 3.76. The van der Waals surface area contributed by atoms with Gasteiger partial charge in [-0.05, 0) is 39.7 Å². The minimum Gasteiger partial charge on any atom is -0.328 e. The standard InChI is InChI=1S/C12H21N3S/c1-7(13)6-8(2)16-12-14-10(4)9(3)11(5)15-12/h7-8H,6,13H2,1-5H3. The van der Waals surface area contributed by atoms with Crippen LogP contribution in [0, 0.1) is 20.8 Å². The van der Waals surface area contributed by atoms with Crippen LogP contribution in [0.15, 0.2) is 5.16 Å². The molecule has 3 nitrogen and oxygen atoms in total. The summed E-state index contributed by atoms with van der Waals surface area (Å²) in [7, 11) is 0. The smallest absolute Gasteiger partial charge is 0.188 e. The summed E-state index contributed by atoms with van der Waals surface area (Å²) in [5.41, 5.74) is 9.11. The Labute approximate surface area is 102 Å². The minimum atomic E-state index is 0.232. The first-order valence-corrected chi connectivity index (χ1v) is 6.52. The molecular formula is C12H21N3S. The molecule has 2 N–H and O–H groups in total. The molecule has 0 saturated heterocycles. The van der Waals surface area contributed by atoms with Crippen LogP contribution in [0.3, 0.4) is 0 Å². The third-order valence-electron chi connectivity index (χ3n) is 2.62. The van der Waals surface area contributed by atoms with Crippen molar-refractivity contribution in [1.82, 2.24) is 9.97 Å². The molecule has 1 aromatic rings. The second-order valence-corrected chi connectivity index (χ2v) is 5.85. The Bertz CT molecular complexity index is 340. The molecule has 0 aliphatic carbocycles. The summed E-state index contributed by atoms with van der Waals surface area (Å²) in [5.74, 6) is 0. The lowest BCUT2D eigenvalue weighted by atomic mass is 10.2. The average Bonchev–Trinajstić information content (AvgIpc) is 2.12. The molecule has 2 unspecified atom stereocenters. The van der Waals surface area contributed by atoms with Crippen molar-refractivity contribution in [2.24, 2.45) is 5.73 Å². The van der Waals surface area contributed by atoms with Crippen molar-refractivity contribution in [2.75, 3.05) is 0 Å². The third-order valence-corrected chi connectivity index (χ3v) is 3.61. The van der Waals surface area contributed by atoms with Crippen molar-refractivity contribution in [3.63, 3.8) is 0 Å². The van der Waals surface area contributed by atoms with E-state index in [9.17, 15) is 0 Å². The first-order valence-electron chi connectivity index (χ1n) is 5.64. The fourth-order valence-corrected chi connectivity index (χ4v) is 2.68. The van der Waals surface area contributed by atoms with E-state index in [4.69, 9.17) is 5.73 Å². The number of hydrogen-bond donors (Lipinski definition) is 1. The maximum atomic E-state index is 5.78. The molecule has 0 spiro atoms. The zero-order chi connectivity index (χ0) is 12.3. The molecule has 0 radical (unpaired) electrons. The van der Waals surface area contributed by atoms with Crippen LogP contribution in [-0.2, 0) is 0 Å². The molecule has 1 aromatic heterocycles. The van der Waals surface area contributed by atoms with Gasteiger partial charge in [-0.3, -0.25) is 0 Å². The minimum absolute atomic E-state index is 0.232. The zero-order valence-corrected chi connectivity index (χ0v) is 11.6. The van der Waals surface area contributed by atoms with Gasteiger partial charge in [0, 0.05) is 22.7 Å². The van der Waals surface area contributed by atoms with Gasteiger partial charge < -0.3 is 5.73 Å². The van der Waals surface area contributed by atoms with Gasteiger partial charge in [-0.25, -0.2) is 9.97 Å². The van der Waals surface area contributed by atoms with E-state index < -0.39 is 0 Å². The van der Waals surface area contributed by atoms with Gasteiger partial charge in [0.15, 0.2) is 5.16 Å². The number of nitrogens with two attached hydrogens (primary N) is 1. The maximum Gasteiger partial charge on any atom is 0.188 e. The Morgan fingerprint density at radius 2 is 1.62 bits per heavy atom. The molecule has 4 heteroatoms. The van der Waals surface area contributed by atoms with E-state index in [1.807, 2.05) is 20.8 Å². The predicted molar refractivity (Wildman–Crippen MR) is 69.8 cm³/mol. The maximum absolute atomic E-state index is 5.78. The summed E-state index contributed by atoms with van der Waals surface area (Å²) in [5, 5.41) is 1.33. The second-order valence-electron chi connectivity index (χ2n) is 4.44. The predicted octanol–water partition coefficient (Wildman–Crippen LogP) is 2.62. The molecule has 0 bridgehead atoms. The van der Waals surface area contributed by atoms with E-state index in [0.717, 1.165) is 23.0 Å². The van der Waals surface area contributed by atoms with E-state index in [0.29, 0.717) is 5.25 Å². The largest absolute Gasteiger partial charge is 0.328 e. The summed E-state index contributed by atoms with van der Waals surface area (Å²) in [6, 6.07) is 0.232. The van der Waals surface area contributed by atoms with Crippen molar-refractivity contribution in [3.05, 3.63) is 17.0 Å². The summed E-state index contributed by atoms with van der Waals surface area (Å²) >= 11 is 1.71. The van der Waals surface area contributed by atoms with Crippen molar-refractivity contribution in [2.45, 2.75) is 57.5 Å². The van der Waals surface area contributed by atoms with Crippen LogP contribution in [0.25, 0.3) is 0 Å². The Hall–Kier alpha value is -0.610. The summed E-state index contributed by atoms with van der Waals surface area (Å²) < 4.78 is 0. The van der Waals surface area contributed by atoms with Gasteiger partial charge in [0.1, 0.15) is 0 Å². The van der Waals surface area contributed by atoms with Gasteiger partial charge in [-0.2, -0.15) is 0 Å². The second kappa shape index (κ2) is 5.64. The fourth-order valence-electron chi connectivity index (χ4n) is 1.55. The fraction of sp³-hybridized carbons (Fsp3) is 0.667. The molecule has 1 heterocycles. The first-order chi connectivity index (χ1) is 7.40. The van der Waals surface area contributed by atoms with Gasteiger partial charge in [0.2, 0.25) is 0 Å². The highest BCUT2D eigenvalue weighted by atomic mass is 32.2. The van der Waals surface area contributed by atoms with Crippen molar-refractivity contribution < 1.29 is 0 Å². The van der Waals surface area contributed by atoms with Crippen molar-refractivity contribution >= 4 is 11.8 Å². The number of hydrogen-bond acceptors (Lipinski definition) is 4. The van der Waals surface area contributed by atoms with Gasteiger partial charge in [0.25, 0.3) is 0 Å². The van der Waals surface area contributed by atoms with E-state index in [-0.39, 0.29) is 6.04 Å². The van der Waals surface area contributed by atoms with Gasteiger partial charge in [-0.15, -0.1) is 0 Å². The quantitative estimate of drug-likeness (QED) is 0.648. The molecule has 0 saturated carbocycles. The average molecular weight is 239 g/mol. The lowest BCUT2D eigenvalue weighted by Crippen LogP contribution is -2.19. The van der Waals surface area contributed by atoms with Crippen LogP contribution in [0.2, 0.25) is 0 Å². The summed E-state index contributed by atoms with van der Waals surface area (Å²) in [6.07, 6.45) is 0.986. The molecule has 0 aliphatic heterocycles. The molecule has 0 fully saturated rings. The molecule has 90 valence electrons. The number of aromatic nitrogens is 2. The number of aryl methyl sites for hydroxylation is 2. The Morgan fingerprint density at radius 3 is 2.06 bits per heavy atom. The molecule has 2 atom stereocenters. The Kier molecular flexibility index (Phi) is 4.74. The normalized spacial score (nSPS) is 14.9. The number of rotatable bonds is 4. The molecular weight excluding hydrogens is 218 g/mol. The monoisotopic (exact) mass is 239 g/mol. The van der Waals surface area contributed by atoms with E-state index in [1.165, 1.54) is 5.56 Å². The molecule has 0 aromatic carbocycles. The lowest BCUT2D eigenvalue weighted by molar-refractivity contribution is 0.661. The summed E-state index contributed by atoms with van der Waals surface area (Å²) in [6.45, 7) is 10.3.